The molecule has 0 aromatic carbocycles. The van der Waals surface area contributed by atoms with Crippen molar-refractivity contribution in [3.05, 3.63) is 22.4 Å². The van der Waals surface area contributed by atoms with Crippen molar-refractivity contribution in [1.82, 2.24) is 15.0 Å². The third-order valence-corrected chi connectivity index (χ3v) is 4.36. The van der Waals surface area contributed by atoms with Crippen molar-refractivity contribution < 1.29 is 0 Å². The zero-order valence-corrected chi connectivity index (χ0v) is 13.0. The fraction of sp³-hybridized carbons (Fsp3) is 0.500. The second-order valence-corrected chi connectivity index (χ2v) is 6.05. The number of thiophene rings is 1. The van der Waals surface area contributed by atoms with Crippen LogP contribution in [-0.4, -0.2) is 35.1 Å². The second kappa shape index (κ2) is 6.71. The molecule has 1 fully saturated rings. The van der Waals surface area contributed by atoms with E-state index in [0.717, 1.165) is 25.6 Å². The van der Waals surface area contributed by atoms with Crippen molar-refractivity contribution in [2.45, 2.75) is 25.8 Å². The minimum atomic E-state index is 0.610. The fourth-order valence-electron chi connectivity index (χ4n) is 2.37. The Morgan fingerprint density at radius 2 is 1.95 bits per heavy atom. The molecule has 1 aliphatic heterocycles. The number of hydrogen-bond donors (Lipinski definition) is 2. The van der Waals surface area contributed by atoms with Gasteiger partial charge in [-0.1, -0.05) is 6.07 Å². The van der Waals surface area contributed by atoms with E-state index < -0.39 is 0 Å². The van der Waals surface area contributed by atoms with Gasteiger partial charge in [0.2, 0.25) is 17.8 Å². The molecule has 7 heteroatoms. The molecule has 112 valence electrons. The highest BCUT2D eigenvalue weighted by atomic mass is 32.1. The molecule has 0 saturated carbocycles. The SMILES string of the molecule is CNc1nc(NCc2cccs2)nc(N2CCCCC2)n1. The number of rotatable bonds is 5. The Balaban J connectivity index is 1.75. The van der Waals surface area contributed by atoms with E-state index in [1.807, 2.05) is 13.1 Å². The molecule has 1 aliphatic rings. The highest BCUT2D eigenvalue weighted by molar-refractivity contribution is 7.09. The summed E-state index contributed by atoms with van der Waals surface area (Å²) in [6.45, 7) is 2.79. The zero-order chi connectivity index (χ0) is 14.5. The molecule has 0 bridgehead atoms. The summed E-state index contributed by atoms with van der Waals surface area (Å²) in [4.78, 5) is 16.9. The van der Waals surface area contributed by atoms with Crippen molar-refractivity contribution in [3.8, 4) is 0 Å². The van der Waals surface area contributed by atoms with E-state index in [2.05, 4.69) is 41.9 Å². The third kappa shape index (κ3) is 3.60. The Morgan fingerprint density at radius 1 is 1.14 bits per heavy atom. The largest absolute Gasteiger partial charge is 0.357 e. The van der Waals surface area contributed by atoms with E-state index in [9.17, 15) is 0 Å². The van der Waals surface area contributed by atoms with E-state index in [1.54, 1.807) is 11.3 Å². The Morgan fingerprint density at radius 3 is 2.67 bits per heavy atom. The van der Waals surface area contributed by atoms with Gasteiger partial charge in [0.1, 0.15) is 0 Å². The number of hydrogen-bond acceptors (Lipinski definition) is 7. The van der Waals surface area contributed by atoms with Gasteiger partial charge >= 0.3 is 0 Å². The van der Waals surface area contributed by atoms with Crippen LogP contribution in [-0.2, 0) is 6.54 Å². The first-order chi connectivity index (χ1) is 10.3. The fourth-order valence-corrected chi connectivity index (χ4v) is 3.01. The lowest BCUT2D eigenvalue weighted by Gasteiger charge is -2.26. The molecular formula is C14H20N6S. The van der Waals surface area contributed by atoms with Crippen LogP contribution in [0.5, 0.6) is 0 Å². The van der Waals surface area contributed by atoms with Gasteiger partial charge in [0.25, 0.3) is 0 Å². The van der Waals surface area contributed by atoms with E-state index in [-0.39, 0.29) is 0 Å². The molecule has 0 aliphatic carbocycles. The van der Waals surface area contributed by atoms with Crippen LogP contribution < -0.4 is 15.5 Å². The first-order valence-corrected chi connectivity index (χ1v) is 8.18. The molecule has 0 amide bonds. The van der Waals surface area contributed by atoms with Gasteiger partial charge in [-0.2, -0.15) is 15.0 Å². The predicted molar refractivity (Wildman–Crippen MR) is 87.1 cm³/mol. The number of piperidine rings is 1. The summed E-state index contributed by atoms with van der Waals surface area (Å²) in [7, 11) is 1.83. The average Bonchev–Trinajstić information content (AvgIpc) is 3.07. The van der Waals surface area contributed by atoms with Crippen LogP contribution in [0.3, 0.4) is 0 Å². The Labute approximate surface area is 128 Å². The molecule has 0 atom stereocenters. The maximum atomic E-state index is 4.56. The summed E-state index contributed by atoms with van der Waals surface area (Å²) in [6.07, 6.45) is 3.71. The summed E-state index contributed by atoms with van der Waals surface area (Å²) >= 11 is 1.72. The molecule has 3 heterocycles. The highest BCUT2D eigenvalue weighted by Gasteiger charge is 2.15. The molecule has 1 saturated heterocycles. The number of nitrogens with zero attached hydrogens (tertiary/aromatic N) is 4. The normalized spacial score (nSPS) is 15.0. The van der Waals surface area contributed by atoms with Crippen molar-refractivity contribution in [3.63, 3.8) is 0 Å². The Bertz CT molecular complexity index is 565. The van der Waals surface area contributed by atoms with Gasteiger partial charge in [-0.05, 0) is 30.7 Å². The second-order valence-electron chi connectivity index (χ2n) is 5.01. The van der Waals surface area contributed by atoms with Crippen LogP contribution in [0.15, 0.2) is 17.5 Å². The van der Waals surface area contributed by atoms with Crippen LogP contribution in [0, 0.1) is 0 Å². The van der Waals surface area contributed by atoms with Gasteiger partial charge in [0.15, 0.2) is 0 Å². The summed E-state index contributed by atoms with van der Waals surface area (Å²) in [5, 5.41) is 8.37. The molecule has 6 nitrogen and oxygen atoms in total. The van der Waals surface area contributed by atoms with Crippen molar-refractivity contribution >= 4 is 29.2 Å². The van der Waals surface area contributed by atoms with E-state index in [0.29, 0.717) is 11.9 Å². The smallest absolute Gasteiger partial charge is 0.231 e. The van der Waals surface area contributed by atoms with Crippen LogP contribution >= 0.6 is 11.3 Å². The number of anilines is 3. The van der Waals surface area contributed by atoms with E-state index in [4.69, 9.17) is 0 Å². The summed E-state index contributed by atoms with van der Waals surface area (Å²) in [6, 6.07) is 4.15. The van der Waals surface area contributed by atoms with Gasteiger partial charge in [-0.15, -0.1) is 11.3 Å². The molecule has 21 heavy (non-hydrogen) atoms. The van der Waals surface area contributed by atoms with Crippen LogP contribution in [0.4, 0.5) is 17.8 Å². The van der Waals surface area contributed by atoms with Gasteiger partial charge in [-0.25, -0.2) is 0 Å². The molecule has 2 aromatic rings. The summed E-state index contributed by atoms with van der Waals surface area (Å²) < 4.78 is 0. The molecule has 0 unspecified atom stereocenters. The van der Waals surface area contributed by atoms with E-state index in [1.165, 1.54) is 24.1 Å². The van der Waals surface area contributed by atoms with Crippen LogP contribution in [0.2, 0.25) is 0 Å². The van der Waals surface area contributed by atoms with Crippen molar-refractivity contribution in [2.75, 3.05) is 35.7 Å². The molecular weight excluding hydrogens is 284 g/mol. The molecule has 2 aromatic heterocycles. The van der Waals surface area contributed by atoms with Crippen LogP contribution in [0.1, 0.15) is 24.1 Å². The van der Waals surface area contributed by atoms with Gasteiger partial charge in [0, 0.05) is 25.0 Å². The van der Waals surface area contributed by atoms with Gasteiger partial charge < -0.3 is 15.5 Å². The minimum absolute atomic E-state index is 0.610. The minimum Gasteiger partial charge on any atom is -0.357 e. The maximum absolute atomic E-state index is 4.56. The zero-order valence-electron chi connectivity index (χ0n) is 12.2. The van der Waals surface area contributed by atoms with Crippen LogP contribution in [0.25, 0.3) is 0 Å². The molecule has 2 N–H and O–H groups in total. The Kier molecular flexibility index (Phi) is 4.49. The lowest BCUT2D eigenvalue weighted by Crippen LogP contribution is -2.31. The van der Waals surface area contributed by atoms with E-state index >= 15 is 0 Å². The van der Waals surface area contributed by atoms with Crippen molar-refractivity contribution in [1.29, 1.82) is 0 Å². The first-order valence-electron chi connectivity index (χ1n) is 7.30. The van der Waals surface area contributed by atoms with Gasteiger partial charge in [0.05, 0.1) is 6.54 Å². The predicted octanol–water partition coefficient (Wildman–Crippen LogP) is 2.58. The molecule has 3 rings (SSSR count). The molecule has 0 radical (unpaired) electrons. The highest BCUT2D eigenvalue weighted by Crippen LogP contribution is 2.19. The lowest BCUT2D eigenvalue weighted by molar-refractivity contribution is 0.568. The third-order valence-electron chi connectivity index (χ3n) is 3.49. The standard InChI is InChI=1S/C14H20N6S/c1-15-12-17-13(16-10-11-6-5-9-21-11)19-14(18-12)20-7-3-2-4-8-20/h5-6,9H,2-4,7-8,10H2,1H3,(H2,15,16,17,18,19). The van der Waals surface area contributed by atoms with Gasteiger partial charge in [-0.3, -0.25) is 0 Å². The monoisotopic (exact) mass is 304 g/mol. The van der Waals surface area contributed by atoms with Crippen molar-refractivity contribution in [2.24, 2.45) is 0 Å². The average molecular weight is 304 g/mol. The summed E-state index contributed by atoms with van der Waals surface area (Å²) in [5.41, 5.74) is 0. The quantitative estimate of drug-likeness (QED) is 0.885. The summed E-state index contributed by atoms with van der Waals surface area (Å²) in [5.74, 6) is 2.00. The maximum Gasteiger partial charge on any atom is 0.231 e. The topological polar surface area (TPSA) is 66.0 Å². The first kappa shape index (κ1) is 14.1. The Hall–Kier alpha value is -1.89. The molecule has 0 spiro atoms. The number of aromatic nitrogens is 3. The number of nitrogens with one attached hydrogen (secondary N) is 2. The lowest BCUT2D eigenvalue weighted by atomic mass is 10.1.